The molecule has 0 aliphatic carbocycles. The first-order valence-electron chi connectivity index (χ1n) is 5.89. The highest BCUT2D eigenvalue weighted by atomic mass is 16.7. The second-order valence-corrected chi connectivity index (χ2v) is 4.67. The van der Waals surface area contributed by atoms with E-state index in [0.717, 1.165) is 0 Å². The summed E-state index contributed by atoms with van der Waals surface area (Å²) < 4.78 is 0.696. The Hall–Kier alpha value is -1.69. The van der Waals surface area contributed by atoms with Crippen LogP contribution in [0, 0.1) is 0 Å². The minimum absolute atomic E-state index is 0.0897. The molecule has 0 amide bonds. The number of carbonyl (C=O) groups excluding carboxylic acids is 1. The molecular weight excluding hydrogens is 236 g/mol. The maximum Gasteiger partial charge on any atom is 0.347 e. The molecule has 18 heavy (non-hydrogen) atoms. The van der Waals surface area contributed by atoms with Crippen LogP contribution in [0.5, 0.6) is 11.8 Å². The van der Waals surface area contributed by atoms with Crippen molar-refractivity contribution in [3.63, 3.8) is 0 Å². The molecule has 0 saturated carbocycles. The monoisotopic (exact) mass is 256 g/mol. The van der Waals surface area contributed by atoms with Gasteiger partial charge in [0.2, 0.25) is 11.8 Å². The molecule has 0 fully saturated rings. The van der Waals surface area contributed by atoms with Crippen molar-refractivity contribution >= 4 is 5.97 Å². The van der Waals surface area contributed by atoms with Gasteiger partial charge in [-0.15, -0.1) is 4.73 Å². The molecule has 6 nitrogen and oxygen atoms in total. The lowest BCUT2D eigenvalue weighted by atomic mass is 10.2. The Morgan fingerprint density at radius 2 is 1.67 bits per heavy atom. The standard InChI is InChI=1S/C12H20N2O4/c1-8(2)13(9(3)4)7-12(17)18-14-10(15)5-6-11(14)16/h5-6,8-9,15-16H,7H2,1-4H3. The van der Waals surface area contributed by atoms with E-state index in [-0.39, 0.29) is 30.4 Å². The molecule has 0 aromatic carbocycles. The zero-order chi connectivity index (χ0) is 13.9. The van der Waals surface area contributed by atoms with Crippen LogP contribution in [0.1, 0.15) is 27.7 Å². The summed E-state index contributed by atoms with van der Waals surface area (Å²) in [7, 11) is 0. The predicted molar refractivity (Wildman–Crippen MR) is 66.3 cm³/mol. The maximum absolute atomic E-state index is 11.7. The van der Waals surface area contributed by atoms with Gasteiger partial charge in [0.05, 0.1) is 6.54 Å². The van der Waals surface area contributed by atoms with Gasteiger partial charge in [-0.25, -0.2) is 4.79 Å². The molecule has 0 aliphatic heterocycles. The highest BCUT2D eigenvalue weighted by Gasteiger charge is 2.20. The fourth-order valence-corrected chi connectivity index (χ4v) is 1.74. The van der Waals surface area contributed by atoms with Crippen LogP contribution in [0.3, 0.4) is 0 Å². The molecule has 0 atom stereocenters. The average Bonchev–Trinajstić information content (AvgIpc) is 2.56. The van der Waals surface area contributed by atoms with Crippen molar-refractivity contribution < 1.29 is 19.8 Å². The van der Waals surface area contributed by atoms with Crippen LogP contribution in [0.4, 0.5) is 0 Å². The van der Waals surface area contributed by atoms with E-state index in [9.17, 15) is 15.0 Å². The van der Waals surface area contributed by atoms with E-state index in [0.29, 0.717) is 4.73 Å². The molecule has 1 heterocycles. The molecule has 1 aromatic heterocycles. The number of aromatic nitrogens is 1. The van der Waals surface area contributed by atoms with Crippen LogP contribution in [0.15, 0.2) is 12.1 Å². The Kier molecular flexibility index (Phi) is 4.61. The lowest BCUT2D eigenvalue weighted by Gasteiger charge is -2.29. The van der Waals surface area contributed by atoms with Crippen LogP contribution in [-0.2, 0) is 4.79 Å². The Morgan fingerprint density at radius 1 is 1.22 bits per heavy atom. The van der Waals surface area contributed by atoms with Crippen molar-refractivity contribution in [3.05, 3.63) is 12.1 Å². The summed E-state index contributed by atoms with van der Waals surface area (Å²) in [6, 6.07) is 2.88. The van der Waals surface area contributed by atoms with E-state index < -0.39 is 5.97 Å². The summed E-state index contributed by atoms with van der Waals surface area (Å²) in [5.74, 6) is -1.18. The minimum Gasteiger partial charge on any atom is -0.492 e. The van der Waals surface area contributed by atoms with Crippen molar-refractivity contribution in [1.82, 2.24) is 9.63 Å². The third-order valence-electron chi connectivity index (χ3n) is 2.63. The van der Waals surface area contributed by atoms with E-state index in [1.807, 2.05) is 32.6 Å². The van der Waals surface area contributed by atoms with E-state index in [2.05, 4.69) is 0 Å². The molecule has 2 N–H and O–H groups in total. The van der Waals surface area contributed by atoms with Gasteiger partial charge < -0.3 is 15.1 Å². The summed E-state index contributed by atoms with van der Waals surface area (Å²) in [6.45, 7) is 8.03. The summed E-state index contributed by atoms with van der Waals surface area (Å²) in [6.07, 6.45) is 0. The Labute approximate surface area is 106 Å². The highest BCUT2D eigenvalue weighted by molar-refractivity contribution is 5.72. The number of rotatable bonds is 5. The normalized spacial score (nSPS) is 11.5. The molecule has 6 heteroatoms. The topological polar surface area (TPSA) is 74.9 Å². The van der Waals surface area contributed by atoms with E-state index >= 15 is 0 Å². The predicted octanol–water partition coefficient (Wildman–Crippen LogP) is 0.973. The zero-order valence-corrected chi connectivity index (χ0v) is 11.1. The first-order chi connectivity index (χ1) is 8.32. The lowest BCUT2D eigenvalue weighted by Crippen LogP contribution is -2.43. The maximum atomic E-state index is 11.7. The van der Waals surface area contributed by atoms with Crippen molar-refractivity contribution in [2.45, 2.75) is 39.8 Å². The van der Waals surface area contributed by atoms with Gasteiger partial charge >= 0.3 is 5.97 Å². The zero-order valence-electron chi connectivity index (χ0n) is 11.1. The second kappa shape index (κ2) is 5.77. The van der Waals surface area contributed by atoms with Crippen LogP contribution in [0.25, 0.3) is 0 Å². The quantitative estimate of drug-likeness (QED) is 0.821. The molecule has 0 spiro atoms. The van der Waals surface area contributed by atoms with Gasteiger partial charge in [-0.3, -0.25) is 4.90 Å². The molecular formula is C12H20N2O4. The number of carbonyl (C=O) groups is 1. The van der Waals surface area contributed by atoms with Crippen molar-refractivity contribution in [3.8, 4) is 11.8 Å². The Morgan fingerprint density at radius 3 is 2.06 bits per heavy atom. The van der Waals surface area contributed by atoms with Gasteiger partial charge in [0.15, 0.2) is 0 Å². The third kappa shape index (κ3) is 3.40. The fraction of sp³-hybridized carbons (Fsp3) is 0.583. The average molecular weight is 256 g/mol. The summed E-state index contributed by atoms with van der Waals surface area (Å²) in [5.41, 5.74) is 0. The van der Waals surface area contributed by atoms with Gasteiger partial charge in [-0.1, -0.05) is 0 Å². The van der Waals surface area contributed by atoms with Crippen LogP contribution < -0.4 is 4.84 Å². The van der Waals surface area contributed by atoms with Crippen molar-refractivity contribution in [2.75, 3.05) is 6.54 Å². The van der Waals surface area contributed by atoms with Gasteiger partial charge in [0, 0.05) is 24.2 Å². The van der Waals surface area contributed by atoms with Gasteiger partial charge in [-0.05, 0) is 27.7 Å². The molecule has 0 radical (unpaired) electrons. The first-order valence-corrected chi connectivity index (χ1v) is 5.89. The van der Waals surface area contributed by atoms with E-state index in [1.165, 1.54) is 12.1 Å². The van der Waals surface area contributed by atoms with Crippen LogP contribution in [0.2, 0.25) is 0 Å². The SMILES string of the molecule is CC(C)N(CC(=O)On1c(O)ccc1O)C(C)C. The molecule has 0 aliphatic rings. The number of nitrogens with zero attached hydrogens (tertiary/aromatic N) is 2. The molecule has 102 valence electrons. The molecule has 0 saturated heterocycles. The largest absolute Gasteiger partial charge is 0.492 e. The molecule has 0 bridgehead atoms. The van der Waals surface area contributed by atoms with Gasteiger partial charge in [-0.2, -0.15) is 0 Å². The summed E-state index contributed by atoms with van der Waals surface area (Å²) in [4.78, 5) is 18.6. The van der Waals surface area contributed by atoms with Crippen LogP contribution in [-0.4, -0.2) is 44.4 Å². The van der Waals surface area contributed by atoms with Crippen molar-refractivity contribution in [1.29, 1.82) is 0 Å². The summed E-state index contributed by atoms with van der Waals surface area (Å²) in [5, 5.41) is 18.7. The fourth-order valence-electron chi connectivity index (χ4n) is 1.74. The highest BCUT2D eigenvalue weighted by Crippen LogP contribution is 2.18. The van der Waals surface area contributed by atoms with E-state index in [1.54, 1.807) is 0 Å². The number of aromatic hydroxyl groups is 2. The second-order valence-electron chi connectivity index (χ2n) is 4.67. The molecule has 0 unspecified atom stereocenters. The third-order valence-corrected chi connectivity index (χ3v) is 2.63. The summed E-state index contributed by atoms with van der Waals surface area (Å²) >= 11 is 0. The van der Waals surface area contributed by atoms with Crippen molar-refractivity contribution in [2.24, 2.45) is 0 Å². The minimum atomic E-state index is -0.542. The number of hydrogen-bond acceptors (Lipinski definition) is 5. The first kappa shape index (κ1) is 14.4. The molecule has 1 rings (SSSR count). The Bertz CT molecular complexity index is 385. The van der Waals surface area contributed by atoms with Gasteiger partial charge in [0.25, 0.3) is 0 Å². The van der Waals surface area contributed by atoms with Gasteiger partial charge in [0.1, 0.15) is 0 Å². The Balaban J connectivity index is 2.67. The number of hydrogen-bond donors (Lipinski definition) is 2. The molecule has 1 aromatic rings. The van der Waals surface area contributed by atoms with Crippen LogP contribution >= 0.6 is 0 Å². The van der Waals surface area contributed by atoms with E-state index in [4.69, 9.17) is 4.84 Å². The lowest BCUT2D eigenvalue weighted by molar-refractivity contribution is -0.147. The smallest absolute Gasteiger partial charge is 0.347 e.